The molecule has 1 aliphatic heterocycles. The number of hydrogen-bond donors (Lipinski definition) is 1. The maximum atomic E-state index is 12.9. The lowest BCUT2D eigenvalue weighted by atomic mass is 10.0. The van der Waals surface area contributed by atoms with Crippen LogP contribution in [0.1, 0.15) is 59.3 Å². The predicted octanol–water partition coefficient (Wildman–Crippen LogP) is 3.80. The molecule has 0 spiro atoms. The van der Waals surface area contributed by atoms with Crippen LogP contribution in [0.3, 0.4) is 0 Å². The molecule has 0 radical (unpaired) electrons. The highest BCUT2D eigenvalue weighted by molar-refractivity contribution is 7.89. The fourth-order valence-corrected chi connectivity index (χ4v) is 5.09. The number of nitrogens with zero attached hydrogens (tertiary/aromatic N) is 1. The second-order valence-corrected chi connectivity index (χ2v) is 9.33. The highest BCUT2D eigenvalue weighted by atomic mass is 32.2. The molecule has 1 aromatic carbocycles. The number of ether oxygens (including phenoxy) is 2. The molecule has 1 amide bonds. The van der Waals surface area contributed by atoms with Crippen molar-refractivity contribution in [3.05, 3.63) is 18.2 Å². The molecule has 8 heteroatoms. The molecule has 1 saturated heterocycles. The minimum Gasteiger partial charge on any atom is -0.490 e. The third-order valence-electron chi connectivity index (χ3n) is 4.71. The molecule has 0 saturated carbocycles. The Labute approximate surface area is 174 Å². The summed E-state index contributed by atoms with van der Waals surface area (Å²) in [5.41, 5.74) is 0.573. The lowest BCUT2D eigenvalue weighted by Crippen LogP contribution is -2.50. The summed E-state index contributed by atoms with van der Waals surface area (Å²) in [6, 6.07) is 4.61. The van der Waals surface area contributed by atoms with Crippen molar-refractivity contribution in [2.24, 2.45) is 0 Å². The molecule has 1 fully saturated rings. The lowest BCUT2D eigenvalue weighted by molar-refractivity contribution is -0.120. The summed E-state index contributed by atoms with van der Waals surface area (Å²) < 4.78 is 38.0. The van der Waals surface area contributed by atoms with Crippen molar-refractivity contribution in [1.29, 1.82) is 0 Å². The van der Waals surface area contributed by atoms with Gasteiger partial charge in [0.25, 0.3) is 0 Å². The minimum absolute atomic E-state index is 0.0647. The largest absolute Gasteiger partial charge is 0.490 e. The maximum absolute atomic E-state index is 12.9. The van der Waals surface area contributed by atoms with Crippen LogP contribution in [0.25, 0.3) is 0 Å². The van der Waals surface area contributed by atoms with Gasteiger partial charge in [-0.2, -0.15) is 4.31 Å². The second kappa shape index (κ2) is 11.4. The van der Waals surface area contributed by atoms with Gasteiger partial charge in [-0.05, 0) is 44.2 Å². The van der Waals surface area contributed by atoms with E-state index in [1.165, 1.54) is 4.31 Å². The van der Waals surface area contributed by atoms with Gasteiger partial charge in [-0.25, -0.2) is 8.42 Å². The first-order valence-corrected chi connectivity index (χ1v) is 12.2. The van der Waals surface area contributed by atoms with E-state index in [4.69, 9.17) is 9.47 Å². The van der Waals surface area contributed by atoms with E-state index >= 15 is 0 Å². The Balaban J connectivity index is 2.17. The fourth-order valence-electron chi connectivity index (χ4n) is 3.34. The van der Waals surface area contributed by atoms with Crippen molar-refractivity contribution >= 4 is 21.6 Å². The van der Waals surface area contributed by atoms with E-state index in [1.54, 1.807) is 18.2 Å². The topological polar surface area (TPSA) is 84.9 Å². The summed E-state index contributed by atoms with van der Waals surface area (Å²) in [5.74, 6) is 0.989. The number of hydrogen-bond acceptors (Lipinski definition) is 5. The zero-order chi connectivity index (χ0) is 21.3. The van der Waals surface area contributed by atoms with Crippen LogP contribution in [0.2, 0.25) is 0 Å². The molecule has 164 valence electrons. The van der Waals surface area contributed by atoms with Gasteiger partial charge in [0.1, 0.15) is 6.04 Å². The van der Waals surface area contributed by atoms with E-state index in [0.29, 0.717) is 49.8 Å². The molecular formula is C21H34N2O5S. The summed E-state index contributed by atoms with van der Waals surface area (Å²) in [5, 5.41) is 2.88. The highest BCUT2D eigenvalue weighted by Crippen LogP contribution is 2.31. The number of benzene rings is 1. The van der Waals surface area contributed by atoms with Gasteiger partial charge >= 0.3 is 0 Å². The standard InChI is InChI=1S/C21H34N2O5S/c1-4-13-27-19-11-10-17(16-20(19)28-14-5-2)22-21(24)18-9-7-8-12-23(18)29(25,26)15-6-3/h10-11,16,18H,4-9,12-15H2,1-3H3,(H,22,24). The number of anilines is 1. The van der Waals surface area contributed by atoms with E-state index in [1.807, 2.05) is 20.8 Å². The molecule has 0 bridgehead atoms. The van der Waals surface area contributed by atoms with Crippen LogP contribution in [0.4, 0.5) is 5.69 Å². The van der Waals surface area contributed by atoms with Gasteiger partial charge in [0, 0.05) is 18.3 Å². The number of rotatable bonds is 11. The van der Waals surface area contributed by atoms with Crippen LogP contribution in [0, 0.1) is 0 Å². The van der Waals surface area contributed by atoms with Crippen LogP contribution in [-0.4, -0.2) is 50.2 Å². The average Bonchev–Trinajstić information content (AvgIpc) is 2.71. The van der Waals surface area contributed by atoms with Crippen LogP contribution in [-0.2, 0) is 14.8 Å². The molecular weight excluding hydrogens is 392 g/mol. The molecule has 0 aromatic heterocycles. The molecule has 29 heavy (non-hydrogen) atoms. The first kappa shape index (κ1) is 23.5. The SMILES string of the molecule is CCCOc1ccc(NC(=O)C2CCCCN2S(=O)(=O)CCC)cc1OCCC. The van der Waals surface area contributed by atoms with Crippen LogP contribution in [0.15, 0.2) is 18.2 Å². The Morgan fingerprint density at radius 3 is 2.41 bits per heavy atom. The average molecular weight is 427 g/mol. The third-order valence-corrected chi connectivity index (χ3v) is 6.79. The van der Waals surface area contributed by atoms with Gasteiger partial charge in [0.15, 0.2) is 11.5 Å². The van der Waals surface area contributed by atoms with Gasteiger partial charge < -0.3 is 14.8 Å². The molecule has 2 rings (SSSR count). The Morgan fingerprint density at radius 1 is 1.07 bits per heavy atom. The van der Waals surface area contributed by atoms with Gasteiger partial charge in [0.2, 0.25) is 15.9 Å². The summed E-state index contributed by atoms with van der Waals surface area (Å²) >= 11 is 0. The van der Waals surface area contributed by atoms with Crippen LogP contribution < -0.4 is 14.8 Å². The van der Waals surface area contributed by atoms with Crippen molar-refractivity contribution in [1.82, 2.24) is 4.31 Å². The number of sulfonamides is 1. The smallest absolute Gasteiger partial charge is 0.242 e. The van der Waals surface area contributed by atoms with Gasteiger partial charge in [0.05, 0.1) is 19.0 Å². The summed E-state index contributed by atoms with van der Waals surface area (Å²) in [4.78, 5) is 12.9. The van der Waals surface area contributed by atoms with Crippen molar-refractivity contribution in [2.75, 3.05) is 30.8 Å². The predicted molar refractivity (Wildman–Crippen MR) is 115 cm³/mol. The Morgan fingerprint density at radius 2 is 1.76 bits per heavy atom. The molecule has 0 aliphatic carbocycles. The molecule has 1 aromatic rings. The zero-order valence-corrected chi connectivity index (χ0v) is 18.6. The number of nitrogens with one attached hydrogen (secondary N) is 1. The van der Waals surface area contributed by atoms with Gasteiger partial charge in [-0.3, -0.25) is 4.79 Å². The van der Waals surface area contributed by atoms with Crippen LogP contribution in [0.5, 0.6) is 11.5 Å². The van der Waals surface area contributed by atoms with E-state index in [9.17, 15) is 13.2 Å². The summed E-state index contributed by atoms with van der Waals surface area (Å²) in [7, 11) is -3.43. The Kier molecular flexibility index (Phi) is 9.23. The van der Waals surface area contributed by atoms with Crippen molar-refractivity contribution in [3.63, 3.8) is 0 Å². The Hall–Kier alpha value is -1.80. The van der Waals surface area contributed by atoms with E-state index < -0.39 is 16.1 Å². The van der Waals surface area contributed by atoms with Gasteiger partial charge in [-0.1, -0.05) is 27.2 Å². The van der Waals surface area contributed by atoms with Crippen molar-refractivity contribution < 1.29 is 22.7 Å². The second-order valence-electron chi connectivity index (χ2n) is 7.29. The van der Waals surface area contributed by atoms with Crippen molar-refractivity contribution in [2.45, 2.75) is 65.3 Å². The summed E-state index contributed by atoms with van der Waals surface area (Å²) in [6.45, 7) is 7.41. The number of amides is 1. The van der Waals surface area contributed by atoms with E-state index in [2.05, 4.69) is 5.32 Å². The fraction of sp³-hybridized carbons (Fsp3) is 0.667. The molecule has 1 heterocycles. The number of piperidine rings is 1. The number of carbonyl (C=O) groups is 1. The monoisotopic (exact) mass is 426 g/mol. The molecule has 1 N–H and O–H groups in total. The molecule has 7 nitrogen and oxygen atoms in total. The normalized spacial score (nSPS) is 17.7. The first-order chi connectivity index (χ1) is 13.9. The van der Waals surface area contributed by atoms with Crippen LogP contribution >= 0.6 is 0 Å². The maximum Gasteiger partial charge on any atom is 0.242 e. The number of carbonyl (C=O) groups excluding carboxylic acids is 1. The first-order valence-electron chi connectivity index (χ1n) is 10.6. The third kappa shape index (κ3) is 6.60. The minimum atomic E-state index is -3.43. The lowest BCUT2D eigenvalue weighted by Gasteiger charge is -2.33. The Bertz CT molecular complexity index is 766. The summed E-state index contributed by atoms with van der Waals surface area (Å²) in [6.07, 6.45) is 4.43. The molecule has 1 atom stereocenters. The van der Waals surface area contributed by atoms with Gasteiger partial charge in [-0.15, -0.1) is 0 Å². The van der Waals surface area contributed by atoms with E-state index in [0.717, 1.165) is 25.7 Å². The van der Waals surface area contributed by atoms with E-state index in [-0.39, 0.29) is 11.7 Å². The van der Waals surface area contributed by atoms with Crippen molar-refractivity contribution in [3.8, 4) is 11.5 Å². The quantitative estimate of drug-likeness (QED) is 0.582. The highest BCUT2D eigenvalue weighted by Gasteiger charge is 2.36. The molecule has 1 aliphatic rings. The molecule has 1 unspecified atom stereocenters. The zero-order valence-electron chi connectivity index (χ0n) is 17.8.